The molecule has 3 N–H and O–H groups in total. The summed E-state index contributed by atoms with van der Waals surface area (Å²) in [7, 11) is -3.55. The Kier molecular flexibility index (Phi) is 5.64. The Hall–Kier alpha value is 0.0500. The van der Waals surface area contributed by atoms with Gasteiger partial charge in [0.05, 0.1) is 4.90 Å². The fourth-order valence-electron chi connectivity index (χ4n) is 2.44. The Morgan fingerprint density at radius 2 is 1.85 bits per heavy atom. The molecule has 1 aromatic carbocycles. The van der Waals surface area contributed by atoms with Crippen LogP contribution in [0.2, 0.25) is 0 Å². The highest BCUT2D eigenvalue weighted by Gasteiger charge is 2.27. The summed E-state index contributed by atoms with van der Waals surface area (Å²) in [5, 5.41) is 0. The maximum Gasteiger partial charge on any atom is 0.241 e. The zero-order chi connectivity index (χ0) is 14.8. The van der Waals surface area contributed by atoms with Gasteiger partial charge in [0.15, 0.2) is 0 Å². The van der Waals surface area contributed by atoms with Crippen molar-refractivity contribution in [2.24, 2.45) is 5.73 Å². The summed E-state index contributed by atoms with van der Waals surface area (Å²) in [6.07, 6.45) is 4.88. The molecule has 1 fully saturated rings. The van der Waals surface area contributed by atoms with E-state index in [1.165, 1.54) is 0 Å². The van der Waals surface area contributed by atoms with Gasteiger partial charge in [0.2, 0.25) is 10.0 Å². The second-order valence-corrected chi connectivity index (χ2v) is 8.56. The lowest BCUT2D eigenvalue weighted by molar-refractivity contribution is 0.456. The van der Waals surface area contributed by atoms with E-state index >= 15 is 0 Å². The van der Waals surface area contributed by atoms with Crippen LogP contribution in [0.25, 0.3) is 0 Å². The van der Waals surface area contributed by atoms with E-state index in [4.69, 9.17) is 5.73 Å². The predicted molar refractivity (Wildman–Crippen MR) is 87.0 cm³/mol. The molecule has 1 aliphatic carbocycles. The van der Waals surface area contributed by atoms with Crippen LogP contribution in [0.5, 0.6) is 0 Å². The molecule has 2 rings (SSSR count). The van der Waals surface area contributed by atoms with Gasteiger partial charge in [0.25, 0.3) is 0 Å². The lowest BCUT2D eigenvalue weighted by Gasteiger charge is -2.22. The van der Waals surface area contributed by atoms with Gasteiger partial charge in [-0.25, -0.2) is 13.1 Å². The fourth-order valence-corrected chi connectivity index (χ4v) is 5.51. The van der Waals surface area contributed by atoms with Gasteiger partial charge in [-0.3, -0.25) is 0 Å². The number of rotatable bonds is 3. The first kappa shape index (κ1) is 16.4. The van der Waals surface area contributed by atoms with Gasteiger partial charge in [0.1, 0.15) is 0 Å². The number of hydrogen-bond acceptors (Lipinski definition) is 3. The van der Waals surface area contributed by atoms with Gasteiger partial charge in [-0.05, 0) is 47.0 Å². The van der Waals surface area contributed by atoms with Crippen LogP contribution < -0.4 is 10.5 Å². The van der Waals surface area contributed by atoms with Crippen molar-refractivity contribution in [1.82, 2.24) is 4.72 Å². The first-order valence-corrected chi connectivity index (χ1v) is 9.70. The monoisotopic (exact) mass is 424 g/mol. The van der Waals surface area contributed by atoms with Crippen molar-refractivity contribution in [3.63, 3.8) is 0 Å². The number of nitrogens with two attached hydrogens (primary N) is 1. The summed E-state index contributed by atoms with van der Waals surface area (Å²) >= 11 is 6.61. The van der Waals surface area contributed by atoms with Crippen molar-refractivity contribution in [2.45, 2.75) is 49.1 Å². The smallest absolute Gasteiger partial charge is 0.241 e. The third kappa shape index (κ3) is 4.04. The van der Waals surface area contributed by atoms with Crippen LogP contribution in [0.15, 0.2) is 32.0 Å². The summed E-state index contributed by atoms with van der Waals surface area (Å²) in [5.74, 6) is 0. The maximum absolute atomic E-state index is 12.5. The lowest BCUT2D eigenvalue weighted by atomic mass is 10.1. The molecule has 2 unspecified atom stereocenters. The lowest BCUT2D eigenvalue weighted by Crippen LogP contribution is -2.46. The molecule has 0 heterocycles. The van der Waals surface area contributed by atoms with Crippen LogP contribution in [0, 0.1) is 0 Å². The molecule has 0 amide bonds. The molecule has 0 spiro atoms. The van der Waals surface area contributed by atoms with Crippen LogP contribution in [0.3, 0.4) is 0 Å². The Labute approximate surface area is 136 Å². The van der Waals surface area contributed by atoms with E-state index in [2.05, 4.69) is 36.6 Å². The van der Waals surface area contributed by atoms with Crippen molar-refractivity contribution >= 4 is 41.9 Å². The Bertz CT molecular complexity index is 578. The molecule has 0 saturated heterocycles. The third-order valence-corrected chi connectivity index (χ3v) is 6.52. The van der Waals surface area contributed by atoms with Crippen LogP contribution in [0.4, 0.5) is 0 Å². The first-order valence-electron chi connectivity index (χ1n) is 6.63. The van der Waals surface area contributed by atoms with Crippen molar-refractivity contribution in [3.05, 3.63) is 27.1 Å². The molecule has 1 saturated carbocycles. The van der Waals surface area contributed by atoms with E-state index in [-0.39, 0.29) is 17.0 Å². The molecule has 0 aromatic heterocycles. The van der Waals surface area contributed by atoms with Gasteiger partial charge in [0, 0.05) is 21.0 Å². The average Bonchev–Trinajstić information content (AvgIpc) is 2.54. The molecule has 7 heteroatoms. The summed E-state index contributed by atoms with van der Waals surface area (Å²) < 4.78 is 29.1. The summed E-state index contributed by atoms with van der Waals surface area (Å²) in [6.45, 7) is 0. The average molecular weight is 426 g/mol. The van der Waals surface area contributed by atoms with Crippen LogP contribution in [0.1, 0.15) is 32.1 Å². The molecule has 0 aliphatic heterocycles. The molecule has 1 aliphatic rings. The van der Waals surface area contributed by atoms with Crippen LogP contribution in [-0.2, 0) is 10.0 Å². The molecule has 112 valence electrons. The SMILES string of the molecule is NC1CCCCCC1NS(=O)(=O)c1ccc(Br)cc1Br. The van der Waals surface area contributed by atoms with Crippen molar-refractivity contribution in [2.75, 3.05) is 0 Å². The van der Waals surface area contributed by atoms with Crippen molar-refractivity contribution in [3.8, 4) is 0 Å². The fraction of sp³-hybridized carbons (Fsp3) is 0.538. The quantitative estimate of drug-likeness (QED) is 0.730. The van der Waals surface area contributed by atoms with Crippen LogP contribution in [-0.4, -0.2) is 20.5 Å². The molecule has 20 heavy (non-hydrogen) atoms. The second kappa shape index (κ2) is 6.87. The normalized spacial score (nSPS) is 24.4. The molecule has 0 radical (unpaired) electrons. The number of nitrogens with one attached hydrogen (secondary N) is 1. The molecule has 2 atom stereocenters. The van der Waals surface area contributed by atoms with Gasteiger partial charge in [-0.2, -0.15) is 0 Å². The first-order chi connectivity index (χ1) is 9.40. The zero-order valence-corrected chi connectivity index (χ0v) is 15.0. The predicted octanol–water partition coefficient (Wildman–Crippen LogP) is 3.15. The van der Waals surface area contributed by atoms with Crippen LogP contribution >= 0.6 is 31.9 Å². The molecule has 4 nitrogen and oxygen atoms in total. The van der Waals surface area contributed by atoms with Gasteiger partial charge in [-0.1, -0.05) is 35.2 Å². The topological polar surface area (TPSA) is 72.2 Å². The Morgan fingerprint density at radius 3 is 2.55 bits per heavy atom. The summed E-state index contributed by atoms with van der Waals surface area (Å²) in [6, 6.07) is 4.73. The number of sulfonamides is 1. The number of halogens is 2. The number of benzene rings is 1. The van der Waals surface area contributed by atoms with Gasteiger partial charge < -0.3 is 5.73 Å². The summed E-state index contributed by atoms with van der Waals surface area (Å²) in [5.41, 5.74) is 6.08. The summed E-state index contributed by atoms with van der Waals surface area (Å²) in [4.78, 5) is 0.247. The highest BCUT2D eigenvalue weighted by Crippen LogP contribution is 2.27. The third-order valence-electron chi connectivity index (χ3n) is 3.56. The van der Waals surface area contributed by atoms with Gasteiger partial charge in [-0.15, -0.1) is 0 Å². The second-order valence-electron chi connectivity index (χ2n) is 5.10. The zero-order valence-electron chi connectivity index (χ0n) is 11.0. The number of hydrogen-bond donors (Lipinski definition) is 2. The van der Waals surface area contributed by atoms with Gasteiger partial charge >= 0.3 is 0 Å². The molecular weight excluding hydrogens is 408 g/mol. The molecule has 1 aromatic rings. The largest absolute Gasteiger partial charge is 0.326 e. The van der Waals surface area contributed by atoms with E-state index in [9.17, 15) is 8.42 Å². The van der Waals surface area contributed by atoms with E-state index in [0.29, 0.717) is 4.47 Å². The maximum atomic E-state index is 12.5. The van der Waals surface area contributed by atoms with Crippen molar-refractivity contribution in [1.29, 1.82) is 0 Å². The highest BCUT2D eigenvalue weighted by atomic mass is 79.9. The van der Waals surface area contributed by atoms with Crippen molar-refractivity contribution < 1.29 is 8.42 Å². The van der Waals surface area contributed by atoms with E-state index in [0.717, 1.165) is 36.6 Å². The Morgan fingerprint density at radius 1 is 1.15 bits per heavy atom. The van der Waals surface area contributed by atoms with E-state index in [1.54, 1.807) is 18.2 Å². The molecular formula is C13H18Br2N2O2S. The minimum Gasteiger partial charge on any atom is -0.326 e. The standard InChI is InChI=1S/C13H18Br2N2O2S/c14-9-6-7-13(10(15)8-9)20(18,19)17-12-5-3-1-2-4-11(12)16/h6-8,11-12,17H,1-5,16H2. The van der Waals surface area contributed by atoms with E-state index < -0.39 is 10.0 Å². The highest BCUT2D eigenvalue weighted by molar-refractivity contribution is 9.11. The Balaban J connectivity index is 2.21. The minimum atomic E-state index is -3.55. The molecule has 0 bridgehead atoms. The van der Waals surface area contributed by atoms with E-state index in [1.807, 2.05) is 0 Å². The minimum absolute atomic E-state index is 0.110.